The number of nitrogens with one attached hydrogen (secondary N) is 2. The van der Waals surface area contributed by atoms with Crippen molar-refractivity contribution in [3.8, 4) is 0 Å². The minimum Gasteiger partial charge on any atom is -0.379 e. The highest BCUT2D eigenvalue weighted by atomic mass is 32.2. The van der Waals surface area contributed by atoms with E-state index < -0.39 is 0 Å². The number of hydrogen-bond donors (Lipinski definition) is 2. The molecule has 1 heterocycles. The summed E-state index contributed by atoms with van der Waals surface area (Å²) in [6.07, 6.45) is 1.04. The zero-order chi connectivity index (χ0) is 13.1. The smallest absolute Gasteiger partial charge is 0.221 e. The standard InChI is InChI=1S/C13H17FN2OS/c1-8-5-11(7-18-8)16-13-6-10(15-9(2)17)3-4-12(13)14/h3-4,6,8,11,16H,5,7H2,1-2H3,(H,15,17). The normalized spacial score (nSPS) is 22.8. The second-order valence-electron chi connectivity index (χ2n) is 4.60. The van der Waals surface area contributed by atoms with Crippen LogP contribution in [0.1, 0.15) is 20.3 Å². The number of benzene rings is 1. The van der Waals surface area contributed by atoms with Crippen molar-refractivity contribution in [1.82, 2.24) is 0 Å². The molecule has 1 saturated heterocycles. The van der Waals surface area contributed by atoms with Crippen molar-refractivity contribution in [1.29, 1.82) is 0 Å². The molecule has 1 aromatic carbocycles. The lowest BCUT2D eigenvalue weighted by Gasteiger charge is -2.15. The number of anilines is 2. The molecule has 1 aromatic rings. The summed E-state index contributed by atoms with van der Waals surface area (Å²) in [5, 5.41) is 6.48. The third kappa shape index (κ3) is 3.38. The summed E-state index contributed by atoms with van der Waals surface area (Å²) in [7, 11) is 0. The molecule has 2 unspecified atom stereocenters. The summed E-state index contributed by atoms with van der Waals surface area (Å²) < 4.78 is 13.7. The van der Waals surface area contributed by atoms with Crippen molar-refractivity contribution in [2.75, 3.05) is 16.4 Å². The van der Waals surface area contributed by atoms with Crippen LogP contribution in [0.25, 0.3) is 0 Å². The van der Waals surface area contributed by atoms with Crippen LogP contribution in [0.2, 0.25) is 0 Å². The molecule has 0 bridgehead atoms. The van der Waals surface area contributed by atoms with Gasteiger partial charge in [-0.25, -0.2) is 4.39 Å². The molecule has 0 aromatic heterocycles. The first-order valence-electron chi connectivity index (χ1n) is 6.00. The van der Waals surface area contributed by atoms with Crippen molar-refractivity contribution in [2.45, 2.75) is 31.6 Å². The molecule has 3 nitrogen and oxygen atoms in total. The molecule has 1 aliphatic rings. The van der Waals surface area contributed by atoms with Crippen LogP contribution in [0.15, 0.2) is 18.2 Å². The van der Waals surface area contributed by atoms with E-state index in [9.17, 15) is 9.18 Å². The first-order chi connectivity index (χ1) is 8.54. The van der Waals surface area contributed by atoms with Crippen molar-refractivity contribution in [2.24, 2.45) is 0 Å². The number of carbonyl (C=O) groups excluding carboxylic acids is 1. The fourth-order valence-electron chi connectivity index (χ4n) is 2.05. The average molecular weight is 268 g/mol. The Kier molecular flexibility index (Phi) is 4.11. The predicted molar refractivity (Wildman–Crippen MR) is 74.7 cm³/mol. The maximum absolute atomic E-state index is 13.7. The van der Waals surface area contributed by atoms with Crippen LogP contribution in [0.5, 0.6) is 0 Å². The van der Waals surface area contributed by atoms with Gasteiger partial charge in [-0.2, -0.15) is 11.8 Å². The number of rotatable bonds is 3. The van der Waals surface area contributed by atoms with E-state index in [1.165, 1.54) is 13.0 Å². The van der Waals surface area contributed by atoms with Gasteiger partial charge < -0.3 is 10.6 Å². The third-order valence-electron chi connectivity index (χ3n) is 2.84. The number of carbonyl (C=O) groups is 1. The third-order valence-corrected chi connectivity index (χ3v) is 4.20. The Morgan fingerprint density at radius 1 is 1.50 bits per heavy atom. The van der Waals surface area contributed by atoms with Gasteiger partial charge in [0.1, 0.15) is 5.82 Å². The highest BCUT2D eigenvalue weighted by Crippen LogP contribution is 2.29. The zero-order valence-corrected chi connectivity index (χ0v) is 11.3. The van der Waals surface area contributed by atoms with E-state index in [0.717, 1.165) is 12.2 Å². The summed E-state index contributed by atoms with van der Waals surface area (Å²) in [5.41, 5.74) is 1.08. The van der Waals surface area contributed by atoms with Gasteiger partial charge in [-0.15, -0.1) is 0 Å². The quantitative estimate of drug-likeness (QED) is 0.885. The van der Waals surface area contributed by atoms with Crippen LogP contribution < -0.4 is 10.6 Å². The van der Waals surface area contributed by atoms with E-state index in [1.54, 1.807) is 12.1 Å². The summed E-state index contributed by atoms with van der Waals surface area (Å²) in [6, 6.07) is 4.88. The van der Waals surface area contributed by atoms with E-state index in [1.807, 2.05) is 11.8 Å². The van der Waals surface area contributed by atoms with Gasteiger partial charge >= 0.3 is 0 Å². The number of hydrogen-bond acceptors (Lipinski definition) is 3. The van der Waals surface area contributed by atoms with Crippen molar-refractivity contribution in [3.63, 3.8) is 0 Å². The molecular formula is C13H17FN2OS. The van der Waals surface area contributed by atoms with E-state index in [2.05, 4.69) is 17.6 Å². The second kappa shape index (κ2) is 5.61. The zero-order valence-electron chi connectivity index (χ0n) is 10.5. The lowest BCUT2D eigenvalue weighted by molar-refractivity contribution is -0.114. The largest absolute Gasteiger partial charge is 0.379 e. The summed E-state index contributed by atoms with van der Waals surface area (Å²) >= 11 is 1.89. The van der Waals surface area contributed by atoms with Crippen molar-refractivity contribution in [3.05, 3.63) is 24.0 Å². The fourth-order valence-corrected chi connectivity index (χ4v) is 3.20. The highest BCUT2D eigenvalue weighted by molar-refractivity contribution is 8.00. The Balaban J connectivity index is 2.08. The Morgan fingerprint density at radius 2 is 2.28 bits per heavy atom. The van der Waals surface area contributed by atoms with Crippen LogP contribution in [-0.2, 0) is 4.79 Å². The number of halogens is 1. The van der Waals surface area contributed by atoms with Gasteiger partial charge in [0.25, 0.3) is 0 Å². The first kappa shape index (κ1) is 13.2. The van der Waals surface area contributed by atoms with Crippen molar-refractivity contribution >= 4 is 29.0 Å². The second-order valence-corrected chi connectivity index (χ2v) is 6.07. The summed E-state index contributed by atoms with van der Waals surface area (Å²) in [5.74, 6) is 0.552. The molecule has 0 spiro atoms. The Hall–Kier alpha value is -1.23. The lowest BCUT2D eigenvalue weighted by atomic mass is 10.1. The van der Waals surface area contributed by atoms with Gasteiger partial charge in [0, 0.05) is 29.7 Å². The van der Waals surface area contributed by atoms with Crippen LogP contribution >= 0.6 is 11.8 Å². The molecule has 98 valence electrons. The van der Waals surface area contributed by atoms with Crippen LogP contribution in [0.4, 0.5) is 15.8 Å². The molecule has 0 saturated carbocycles. The SMILES string of the molecule is CC(=O)Nc1ccc(F)c(NC2CSC(C)C2)c1. The van der Waals surface area contributed by atoms with Gasteiger partial charge in [-0.05, 0) is 24.6 Å². The molecule has 2 atom stereocenters. The molecule has 2 N–H and O–H groups in total. The van der Waals surface area contributed by atoms with Gasteiger partial charge in [0.05, 0.1) is 5.69 Å². The molecule has 1 aliphatic heterocycles. The van der Waals surface area contributed by atoms with E-state index in [4.69, 9.17) is 0 Å². The molecule has 5 heteroatoms. The molecule has 0 radical (unpaired) electrons. The molecule has 0 aliphatic carbocycles. The fraction of sp³-hybridized carbons (Fsp3) is 0.462. The number of thioether (sulfide) groups is 1. The minimum atomic E-state index is -0.284. The van der Waals surface area contributed by atoms with Gasteiger partial charge in [-0.3, -0.25) is 4.79 Å². The van der Waals surface area contributed by atoms with Crippen LogP contribution in [-0.4, -0.2) is 23.0 Å². The van der Waals surface area contributed by atoms with E-state index in [0.29, 0.717) is 22.7 Å². The molecule has 1 fully saturated rings. The van der Waals surface area contributed by atoms with E-state index in [-0.39, 0.29) is 11.7 Å². The predicted octanol–water partition coefficient (Wildman–Crippen LogP) is 3.09. The minimum absolute atomic E-state index is 0.155. The number of amides is 1. The van der Waals surface area contributed by atoms with Crippen LogP contribution in [0, 0.1) is 5.82 Å². The van der Waals surface area contributed by atoms with Gasteiger partial charge in [0.15, 0.2) is 0 Å². The first-order valence-corrected chi connectivity index (χ1v) is 7.05. The summed E-state index contributed by atoms with van der Waals surface area (Å²) in [6.45, 7) is 3.61. The lowest BCUT2D eigenvalue weighted by Crippen LogP contribution is -2.20. The monoisotopic (exact) mass is 268 g/mol. The van der Waals surface area contributed by atoms with Crippen LogP contribution in [0.3, 0.4) is 0 Å². The molecule has 18 heavy (non-hydrogen) atoms. The molecular weight excluding hydrogens is 251 g/mol. The topological polar surface area (TPSA) is 41.1 Å². The maximum Gasteiger partial charge on any atom is 0.221 e. The average Bonchev–Trinajstić information content (AvgIpc) is 2.68. The Labute approximate surface area is 111 Å². The maximum atomic E-state index is 13.7. The van der Waals surface area contributed by atoms with Crippen molar-refractivity contribution < 1.29 is 9.18 Å². The van der Waals surface area contributed by atoms with E-state index >= 15 is 0 Å². The highest BCUT2D eigenvalue weighted by Gasteiger charge is 2.22. The molecule has 2 rings (SSSR count). The van der Waals surface area contributed by atoms with Gasteiger partial charge in [-0.1, -0.05) is 6.92 Å². The molecule has 1 amide bonds. The Morgan fingerprint density at radius 3 is 2.89 bits per heavy atom. The van der Waals surface area contributed by atoms with Gasteiger partial charge in [0.2, 0.25) is 5.91 Å². The Bertz CT molecular complexity index is 453. The summed E-state index contributed by atoms with van der Waals surface area (Å²) in [4.78, 5) is 11.0.